The summed E-state index contributed by atoms with van der Waals surface area (Å²) in [5.74, 6) is 0.441. The van der Waals surface area contributed by atoms with Crippen LogP contribution in [0.15, 0.2) is 72.8 Å². The molecule has 0 amide bonds. The Kier molecular flexibility index (Phi) is 8.66. The van der Waals surface area contributed by atoms with Crippen LogP contribution in [0.3, 0.4) is 0 Å². The van der Waals surface area contributed by atoms with E-state index in [1.807, 2.05) is 30.3 Å². The minimum Gasteiger partial charge on any atom is -0.497 e. The summed E-state index contributed by atoms with van der Waals surface area (Å²) in [6, 6.07) is 20.5. The first-order chi connectivity index (χ1) is 19.9. The Balaban J connectivity index is 1.51. The lowest BCUT2D eigenvalue weighted by atomic mass is 9.94. The zero-order valence-electron chi connectivity index (χ0n) is 22.6. The third kappa shape index (κ3) is 6.42. The SMILES string of the molecule is COc1ccc(COC(=O)C2(Oc3cc(-c4ccccc4OC)nc(-c4ccc(Cl)c(F)c4)n3)CCOCC2)cc1. The Labute approximate surface area is 242 Å². The van der Waals surface area contributed by atoms with E-state index in [4.69, 9.17) is 35.3 Å². The van der Waals surface area contributed by atoms with E-state index in [-0.39, 0.29) is 36.2 Å². The third-order valence-corrected chi connectivity index (χ3v) is 7.07. The number of aromatic nitrogens is 2. The standard InChI is InChI=1S/C31H28ClFN2O6/c1-37-22-10-7-20(8-11-22)19-40-30(36)31(13-15-39-16-14-31)41-28-18-26(23-5-3-4-6-27(23)38-2)34-29(35-28)21-9-12-24(32)25(33)17-21/h3-12,17-18H,13-16,19H2,1-2H3. The lowest BCUT2D eigenvalue weighted by Crippen LogP contribution is -2.50. The summed E-state index contributed by atoms with van der Waals surface area (Å²) in [5, 5.41) is -0.0214. The van der Waals surface area contributed by atoms with E-state index in [0.29, 0.717) is 41.5 Å². The number of ether oxygens (including phenoxy) is 5. The predicted molar refractivity (Wildman–Crippen MR) is 151 cm³/mol. The Bertz CT molecular complexity index is 1530. The molecule has 4 aromatic rings. The number of hydrogen-bond donors (Lipinski definition) is 0. The van der Waals surface area contributed by atoms with E-state index in [1.165, 1.54) is 12.1 Å². The number of methoxy groups -OCH3 is 2. The van der Waals surface area contributed by atoms with E-state index in [2.05, 4.69) is 9.97 Å². The summed E-state index contributed by atoms with van der Waals surface area (Å²) in [7, 11) is 3.14. The van der Waals surface area contributed by atoms with Crippen LogP contribution >= 0.6 is 11.6 Å². The highest BCUT2D eigenvalue weighted by Crippen LogP contribution is 2.35. The molecule has 1 saturated heterocycles. The molecule has 8 nitrogen and oxygen atoms in total. The van der Waals surface area contributed by atoms with Gasteiger partial charge in [0.1, 0.15) is 23.9 Å². The Morgan fingerprint density at radius 2 is 1.73 bits per heavy atom. The molecule has 0 N–H and O–H groups in total. The number of hydrogen-bond acceptors (Lipinski definition) is 8. The van der Waals surface area contributed by atoms with Gasteiger partial charge in [0.15, 0.2) is 5.82 Å². The van der Waals surface area contributed by atoms with Crippen molar-refractivity contribution in [2.24, 2.45) is 0 Å². The van der Waals surface area contributed by atoms with Gasteiger partial charge >= 0.3 is 5.97 Å². The molecule has 5 rings (SSSR count). The van der Waals surface area contributed by atoms with Gasteiger partial charge in [0.05, 0.1) is 38.1 Å². The second kappa shape index (κ2) is 12.5. The molecule has 0 unspecified atom stereocenters. The first kappa shape index (κ1) is 28.3. The third-order valence-electron chi connectivity index (χ3n) is 6.76. The van der Waals surface area contributed by atoms with Crippen LogP contribution in [0.5, 0.6) is 17.4 Å². The highest BCUT2D eigenvalue weighted by atomic mass is 35.5. The van der Waals surface area contributed by atoms with Crippen molar-refractivity contribution in [3.8, 4) is 40.0 Å². The summed E-state index contributed by atoms with van der Waals surface area (Å²) >= 11 is 5.91. The largest absolute Gasteiger partial charge is 0.497 e. The summed E-state index contributed by atoms with van der Waals surface area (Å²) in [5.41, 5.74) is 0.970. The van der Waals surface area contributed by atoms with Gasteiger partial charge in [0, 0.05) is 30.0 Å². The van der Waals surface area contributed by atoms with Gasteiger partial charge in [-0.2, -0.15) is 4.98 Å². The molecule has 0 bridgehead atoms. The molecule has 3 aromatic carbocycles. The molecular formula is C31H28ClFN2O6. The van der Waals surface area contributed by atoms with E-state index >= 15 is 0 Å². The molecule has 0 atom stereocenters. The number of nitrogens with zero attached hydrogens (tertiary/aromatic N) is 2. The fourth-order valence-corrected chi connectivity index (χ4v) is 4.60. The highest BCUT2D eigenvalue weighted by molar-refractivity contribution is 6.30. The predicted octanol–water partition coefficient (Wildman–Crippen LogP) is 6.29. The minimum atomic E-state index is -1.35. The van der Waals surface area contributed by atoms with Crippen LogP contribution in [0.4, 0.5) is 4.39 Å². The maximum absolute atomic E-state index is 14.4. The molecule has 1 aliphatic heterocycles. The van der Waals surface area contributed by atoms with Gasteiger partial charge in [-0.25, -0.2) is 14.2 Å². The second-order valence-electron chi connectivity index (χ2n) is 9.38. The number of benzene rings is 3. The van der Waals surface area contributed by atoms with Crippen molar-refractivity contribution in [3.05, 3.63) is 89.2 Å². The first-order valence-electron chi connectivity index (χ1n) is 13.0. The van der Waals surface area contributed by atoms with Crippen LogP contribution in [0.1, 0.15) is 18.4 Å². The van der Waals surface area contributed by atoms with Gasteiger partial charge in [-0.05, 0) is 48.0 Å². The number of esters is 1. The maximum Gasteiger partial charge on any atom is 0.351 e. The zero-order chi connectivity index (χ0) is 28.8. The molecule has 0 saturated carbocycles. The van der Waals surface area contributed by atoms with Gasteiger partial charge in [-0.3, -0.25) is 0 Å². The molecule has 10 heteroatoms. The first-order valence-corrected chi connectivity index (χ1v) is 13.3. The fourth-order valence-electron chi connectivity index (χ4n) is 4.49. The van der Waals surface area contributed by atoms with Gasteiger partial charge in [-0.1, -0.05) is 35.9 Å². The Morgan fingerprint density at radius 3 is 2.44 bits per heavy atom. The average molecular weight is 579 g/mol. The van der Waals surface area contributed by atoms with E-state index in [1.54, 1.807) is 44.6 Å². The molecule has 0 radical (unpaired) electrons. The number of para-hydroxylation sites is 1. The minimum absolute atomic E-state index is 0.0214. The Hall–Kier alpha value is -4.21. The van der Waals surface area contributed by atoms with Crippen molar-refractivity contribution in [2.75, 3.05) is 27.4 Å². The van der Waals surface area contributed by atoms with Crippen LogP contribution in [0.2, 0.25) is 5.02 Å². The lowest BCUT2D eigenvalue weighted by molar-refractivity contribution is -0.172. The fraction of sp³-hybridized carbons (Fsp3) is 0.258. The highest BCUT2D eigenvalue weighted by Gasteiger charge is 2.45. The van der Waals surface area contributed by atoms with E-state index in [9.17, 15) is 9.18 Å². The quantitative estimate of drug-likeness (QED) is 0.214. The van der Waals surface area contributed by atoms with E-state index < -0.39 is 17.4 Å². The van der Waals surface area contributed by atoms with Crippen molar-refractivity contribution in [3.63, 3.8) is 0 Å². The van der Waals surface area contributed by atoms with Crippen LogP contribution in [-0.2, 0) is 20.9 Å². The van der Waals surface area contributed by atoms with Crippen molar-refractivity contribution in [1.82, 2.24) is 9.97 Å². The number of halogens is 2. The lowest BCUT2D eigenvalue weighted by Gasteiger charge is -2.34. The topological polar surface area (TPSA) is 89.0 Å². The van der Waals surface area contributed by atoms with E-state index in [0.717, 1.165) is 5.56 Å². The summed E-state index contributed by atoms with van der Waals surface area (Å²) in [4.78, 5) is 22.8. The van der Waals surface area contributed by atoms with Crippen LogP contribution in [0.25, 0.3) is 22.6 Å². The van der Waals surface area contributed by atoms with Crippen LogP contribution < -0.4 is 14.2 Å². The smallest absolute Gasteiger partial charge is 0.351 e. The van der Waals surface area contributed by atoms with Crippen molar-refractivity contribution in [2.45, 2.75) is 25.0 Å². The van der Waals surface area contributed by atoms with Crippen molar-refractivity contribution in [1.29, 1.82) is 0 Å². The summed E-state index contributed by atoms with van der Waals surface area (Å²) in [6.07, 6.45) is 0.515. The van der Waals surface area contributed by atoms with Crippen molar-refractivity contribution >= 4 is 17.6 Å². The molecule has 1 aliphatic rings. The maximum atomic E-state index is 14.4. The molecular weight excluding hydrogens is 551 g/mol. The summed E-state index contributed by atoms with van der Waals surface area (Å²) in [6.45, 7) is 0.662. The number of rotatable bonds is 9. The average Bonchev–Trinajstić information content (AvgIpc) is 3.01. The molecule has 0 aliphatic carbocycles. The van der Waals surface area contributed by atoms with Gasteiger partial charge < -0.3 is 23.7 Å². The summed E-state index contributed by atoms with van der Waals surface area (Å²) < 4.78 is 42.8. The van der Waals surface area contributed by atoms with Gasteiger partial charge in [0.25, 0.3) is 0 Å². The Morgan fingerprint density at radius 1 is 0.976 bits per heavy atom. The molecule has 1 fully saturated rings. The monoisotopic (exact) mass is 578 g/mol. The molecule has 0 spiro atoms. The zero-order valence-corrected chi connectivity index (χ0v) is 23.3. The van der Waals surface area contributed by atoms with Gasteiger partial charge in [-0.15, -0.1) is 0 Å². The van der Waals surface area contributed by atoms with Gasteiger partial charge in [0.2, 0.25) is 11.5 Å². The van der Waals surface area contributed by atoms with Crippen LogP contribution in [-0.4, -0.2) is 49.0 Å². The van der Waals surface area contributed by atoms with Crippen molar-refractivity contribution < 1.29 is 32.9 Å². The second-order valence-corrected chi connectivity index (χ2v) is 9.78. The molecule has 41 heavy (non-hydrogen) atoms. The normalized spacial score (nSPS) is 14.2. The molecule has 1 aromatic heterocycles. The molecule has 2 heterocycles. The number of carbonyl (C=O) groups excluding carboxylic acids is 1. The van der Waals surface area contributed by atoms with Crippen LogP contribution in [0, 0.1) is 5.82 Å². The molecule has 212 valence electrons. The number of carbonyl (C=O) groups is 1.